The molecule has 0 fully saturated rings. The third-order valence-electron chi connectivity index (χ3n) is 2.52. The van der Waals surface area contributed by atoms with Gasteiger partial charge in [-0.1, -0.05) is 0 Å². The number of likely N-dealkylation sites (N-methyl/N-ethyl adjacent to an activating group) is 1. The van der Waals surface area contributed by atoms with Gasteiger partial charge in [0.2, 0.25) is 5.88 Å². The van der Waals surface area contributed by atoms with Crippen LogP contribution in [-0.2, 0) is 6.54 Å². The SMILES string of the molecule is COc1cc(CNC2=NCCN2C)ccn1.I. The monoisotopic (exact) mass is 348 g/mol. The van der Waals surface area contributed by atoms with Crippen molar-refractivity contribution < 1.29 is 4.74 Å². The topological polar surface area (TPSA) is 49.8 Å². The number of hydrogen-bond donors (Lipinski definition) is 1. The van der Waals surface area contributed by atoms with Gasteiger partial charge < -0.3 is 15.0 Å². The zero-order valence-corrected chi connectivity index (χ0v) is 12.3. The molecule has 17 heavy (non-hydrogen) atoms. The van der Waals surface area contributed by atoms with Crippen LogP contribution in [0.1, 0.15) is 5.56 Å². The summed E-state index contributed by atoms with van der Waals surface area (Å²) in [4.78, 5) is 10.5. The summed E-state index contributed by atoms with van der Waals surface area (Å²) < 4.78 is 5.07. The number of guanidine groups is 1. The van der Waals surface area contributed by atoms with E-state index in [4.69, 9.17) is 4.74 Å². The van der Waals surface area contributed by atoms with E-state index in [-0.39, 0.29) is 24.0 Å². The average molecular weight is 348 g/mol. The number of methoxy groups -OCH3 is 1. The highest BCUT2D eigenvalue weighted by molar-refractivity contribution is 14.0. The Bertz CT molecular complexity index is 397. The van der Waals surface area contributed by atoms with Gasteiger partial charge in [0, 0.05) is 32.4 Å². The van der Waals surface area contributed by atoms with Crippen molar-refractivity contribution in [2.75, 3.05) is 27.2 Å². The Labute approximate surface area is 118 Å². The molecule has 0 aromatic carbocycles. The van der Waals surface area contributed by atoms with Crippen LogP contribution in [0, 0.1) is 0 Å². The van der Waals surface area contributed by atoms with Gasteiger partial charge in [-0.2, -0.15) is 0 Å². The lowest BCUT2D eigenvalue weighted by Gasteiger charge is -2.15. The van der Waals surface area contributed by atoms with Crippen LogP contribution in [-0.4, -0.2) is 43.1 Å². The molecule has 0 amide bonds. The van der Waals surface area contributed by atoms with Crippen molar-refractivity contribution in [3.63, 3.8) is 0 Å². The minimum absolute atomic E-state index is 0. The fourth-order valence-corrected chi connectivity index (χ4v) is 1.58. The van der Waals surface area contributed by atoms with Crippen LogP contribution in [0.4, 0.5) is 0 Å². The number of aromatic nitrogens is 1. The Morgan fingerprint density at radius 1 is 1.53 bits per heavy atom. The highest BCUT2D eigenvalue weighted by Gasteiger charge is 2.11. The average Bonchev–Trinajstić information content (AvgIpc) is 2.72. The van der Waals surface area contributed by atoms with Gasteiger partial charge in [-0.15, -0.1) is 24.0 Å². The Kier molecular flexibility index (Phi) is 5.46. The number of halogens is 1. The second-order valence-electron chi connectivity index (χ2n) is 3.69. The maximum Gasteiger partial charge on any atom is 0.213 e. The predicted molar refractivity (Wildman–Crippen MR) is 78.0 cm³/mol. The van der Waals surface area contributed by atoms with Gasteiger partial charge in [-0.3, -0.25) is 4.99 Å². The molecule has 0 saturated heterocycles. The van der Waals surface area contributed by atoms with Crippen LogP contribution in [0.2, 0.25) is 0 Å². The number of hydrogen-bond acceptors (Lipinski definition) is 5. The van der Waals surface area contributed by atoms with Crippen LogP contribution in [0.15, 0.2) is 23.3 Å². The summed E-state index contributed by atoms with van der Waals surface area (Å²) in [7, 11) is 3.65. The second-order valence-corrected chi connectivity index (χ2v) is 3.69. The van der Waals surface area contributed by atoms with E-state index >= 15 is 0 Å². The van der Waals surface area contributed by atoms with Crippen molar-refractivity contribution in [2.24, 2.45) is 4.99 Å². The van der Waals surface area contributed by atoms with Crippen molar-refractivity contribution in [1.29, 1.82) is 0 Å². The number of rotatable bonds is 3. The lowest BCUT2D eigenvalue weighted by Crippen LogP contribution is -2.35. The molecule has 94 valence electrons. The molecule has 0 unspecified atom stereocenters. The van der Waals surface area contributed by atoms with Crippen molar-refractivity contribution >= 4 is 29.9 Å². The molecular formula is C11H17IN4O. The van der Waals surface area contributed by atoms with E-state index in [1.165, 1.54) is 0 Å². The number of nitrogens with zero attached hydrogens (tertiary/aromatic N) is 3. The minimum atomic E-state index is 0. The van der Waals surface area contributed by atoms with E-state index in [1.807, 2.05) is 19.2 Å². The molecule has 0 radical (unpaired) electrons. The van der Waals surface area contributed by atoms with Gasteiger partial charge >= 0.3 is 0 Å². The van der Waals surface area contributed by atoms with Gasteiger partial charge in [0.25, 0.3) is 0 Å². The molecule has 2 rings (SSSR count). The summed E-state index contributed by atoms with van der Waals surface area (Å²) in [6.07, 6.45) is 1.75. The fraction of sp³-hybridized carbons (Fsp3) is 0.455. The summed E-state index contributed by atoms with van der Waals surface area (Å²) in [5.74, 6) is 1.59. The molecule has 0 bridgehead atoms. The Morgan fingerprint density at radius 3 is 3.00 bits per heavy atom. The van der Waals surface area contributed by atoms with E-state index in [9.17, 15) is 0 Å². The quantitative estimate of drug-likeness (QED) is 0.832. The zero-order valence-electron chi connectivity index (χ0n) is 10.0. The minimum Gasteiger partial charge on any atom is -0.481 e. The first-order valence-electron chi connectivity index (χ1n) is 5.28. The summed E-state index contributed by atoms with van der Waals surface area (Å²) in [5.41, 5.74) is 1.13. The smallest absolute Gasteiger partial charge is 0.213 e. The first-order chi connectivity index (χ1) is 7.79. The lowest BCUT2D eigenvalue weighted by atomic mass is 10.2. The molecule has 0 aliphatic carbocycles. The highest BCUT2D eigenvalue weighted by Crippen LogP contribution is 2.08. The van der Waals surface area contributed by atoms with E-state index in [1.54, 1.807) is 13.3 Å². The Balaban J connectivity index is 0.00000144. The second kappa shape index (κ2) is 6.63. The number of pyridine rings is 1. The largest absolute Gasteiger partial charge is 0.481 e. The van der Waals surface area contributed by atoms with E-state index in [2.05, 4.69) is 20.2 Å². The summed E-state index contributed by atoms with van der Waals surface area (Å²) in [6, 6.07) is 3.88. The van der Waals surface area contributed by atoms with Gasteiger partial charge in [-0.05, 0) is 11.6 Å². The summed E-state index contributed by atoms with van der Waals surface area (Å²) in [5, 5.41) is 3.29. The molecule has 1 aromatic heterocycles. The third-order valence-corrected chi connectivity index (χ3v) is 2.52. The molecule has 1 aliphatic heterocycles. The molecule has 1 N–H and O–H groups in total. The number of aliphatic imine (C=N–C) groups is 1. The van der Waals surface area contributed by atoms with E-state index in [0.717, 1.165) is 31.2 Å². The standard InChI is InChI=1S/C11H16N4O.HI/c1-15-6-5-13-11(15)14-8-9-3-4-12-10(7-9)16-2;/h3-4,7H,5-6,8H2,1-2H3,(H,13,14);1H. The summed E-state index contributed by atoms with van der Waals surface area (Å²) >= 11 is 0. The van der Waals surface area contributed by atoms with Gasteiger partial charge in [0.1, 0.15) is 0 Å². The Hall–Kier alpha value is -1.05. The lowest BCUT2D eigenvalue weighted by molar-refractivity contribution is 0.397. The number of ether oxygens (including phenoxy) is 1. The van der Waals surface area contributed by atoms with Crippen LogP contribution < -0.4 is 10.1 Å². The molecule has 6 heteroatoms. The first kappa shape index (κ1) is 14.0. The first-order valence-corrected chi connectivity index (χ1v) is 5.28. The maximum atomic E-state index is 5.07. The van der Waals surface area contributed by atoms with Gasteiger partial charge in [0.15, 0.2) is 5.96 Å². The third kappa shape index (κ3) is 3.72. The van der Waals surface area contributed by atoms with E-state index in [0.29, 0.717) is 5.88 Å². The molecule has 5 nitrogen and oxygen atoms in total. The highest BCUT2D eigenvalue weighted by atomic mass is 127. The zero-order chi connectivity index (χ0) is 11.4. The molecular weight excluding hydrogens is 331 g/mol. The van der Waals surface area contributed by atoms with Crippen LogP contribution in [0.25, 0.3) is 0 Å². The molecule has 1 aliphatic rings. The fourth-order valence-electron chi connectivity index (χ4n) is 1.58. The Morgan fingerprint density at radius 2 is 2.35 bits per heavy atom. The molecule has 0 spiro atoms. The molecule has 0 saturated carbocycles. The molecule has 2 heterocycles. The molecule has 0 atom stereocenters. The van der Waals surface area contributed by atoms with Gasteiger partial charge in [-0.25, -0.2) is 4.98 Å². The van der Waals surface area contributed by atoms with Crippen LogP contribution >= 0.6 is 24.0 Å². The van der Waals surface area contributed by atoms with Crippen molar-refractivity contribution in [3.05, 3.63) is 23.9 Å². The van der Waals surface area contributed by atoms with Crippen molar-refractivity contribution in [2.45, 2.75) is 6.54 Å². The normalized spacial score (nSPS) is 14.0. The molecule has 1 aromatic rings. The van der Waals surface area contributed by atoms with Crippen molar-refractivity contribution in [1.82, 2.24) is 15.2 Å². The van der Waals surface area contributed by atoms with Gasteiger partial charge in [0.05, 0.1) is 13.7 Å². The number of nitrogens with one attached hydrogen (secondary N) is 1. The predicted octanol–water partition coefficient (Wildman–Crippen LogP) is 1.10. The van der Waals surface area contributed by atoms with Crippen LogP contribution in [0.5, 0.6) is 5.88 Å². The van der Waals surface area contributed by atoms with Crippen LogP contribution in [0.3, 0.4) is 0 Å². The van der Waals surface area contributed by atoms with E-state index < -0.39 is 0 Å². The summed E-state index contributed by atoms with van der Waals surface area (Å²) in [6.45, 7) is 2.60. The maximum absolute atomic E-state index is 5.07. The van der Waals surface area contributed by atoms with Crippen molar-refractivity contribution in [3.8, 4) is 5.88 Å².